The molecule has 0 unspecified atom stereocenters. The fourth-order valence-electron chi connectivity index (χ4n) is 3.30. The van der Waals surface area contributed by atoms with Crippen LogP contribution in [0, 0.1) is 0 Å². The average molecular weight is 460 g/mol. The SMILES string of the molecule is COc1cccc(C(=O)N(CCC(=O)N2CCNCC2)Cc2ccc(Br)cc2)c1. The van der Waals surface area contributed by atoms with Gasteiger partial charge in [0.05, 0.1) is 7.11 Å². The Kier molecular flexibility index (Phi) is 7.66. The number of hydrogen-bond acceptors (Lipinski definition) is 4. The van der Waals surface area contributed by atoms with E-state index < -0.39 is 0 Å². The Bertz CT molecular complexity index is 835. The van der Waals surface area contributed by atoms with Gasteiger partial charge in [-0.05, 0) is 35.9 Å². The van der Waals surface area contributed by atoms with Gasteiger partial charge in [0.1, 0.15) is 5.75 Å². The maximum atomic E-state index is 13.2. The molecule has 2 aromatic carbocycles. The zero-order chi connectivity index (χ0) is 20.6. The van der Waals surface area contributed by atoms with Gasteiger partial charge in [-0.3, -0.25) is 9.59 Å². The van der Waals surface area contributed by atoms with Crippen LogP contribution in [0.3, 0.4) is 0 Å². The van der Waals surface area contributed by atoms with Gasteiger partial charge in [0.25, 0.3) is 5.91 Å². The second-order valence-electron chi connectivity index (χ2n) is 6.97. The van der Waals surface area contributed by atoms with E-state index in [4.69, 9.17) is 4.74 Å². The van der Waals surface area contributed by atoms with Crippen LogP contribution >= 0.6 is 15.9 Å². The van der Waals surface area contributed by atoms with E-state index in [2.05, 4.69) is 21.2 Å². The maximum absolute atomic E-state index is 13.2. The number of halogens is 1. The minimum absolute atomic E-state index is 0.0887. The van der Waals surface area contributed by atoms with Gasteiger partial charge in [0.15, 0.2) is 0 Å². The summed E-state index contributed by atoms with van der Waals surface area (Å²) in [7, 11) is 1.58. The van der Waals surface area contributed by atoms with Gasteiger partial charge in [-0.15, -0.1) is 0 Å². The Morgan fingerprint density at radius 2 is 1.86 bits per heavy atom. The van der Waals surface area contributed by atoms with Gasteiger partial charge < -0.3 is 19.9 Å². The first-order valence-electron chi connectivity index (χ1n) is 9.73. The molecule has 1 aliphatic heterocycles. The van der Waals surface area contributed by atoms with Crippen LogP contribution in [0.15, 0.2) is 53.0 Å². The van der Waals surface area contributed by atoms with E-state index >= 15 is 0 Å². The Morgan fingerprint density at radius 1 is 1.14 bits per heavy atom. The number of methoxy groups -OCH3 is 1. The van der Waals surface area contributed by atoms with Gasteiger partial charge >= 0.3 is 0 Å². The van der Waals surface area contributed by atoms with Crippen LogP contribution in [0.1, 0.15) is 22.3 Å². The molecular formula is C22H26BrN3O3. The van der Waals surface area contributed by atoms with Crippen molar-refractivity contribution in [2.45, 2.75) is 13.0 Å². The van der Waals surface area contributed by atoms with Crippen molar-refractivity contribution in [2.24, 2.45) is 0 Å². The molecule has 0 atom stereocenters. The normalized spacial score (nSPS) is 13.8. The molecule has 6 nitrogen and oxygen atoms in total. The number of carbonyl (C=O) groups is 2. The number of amides is 2. The maximum Gasteiger partial charge on any atom is 0.254 e. The van der Waals surface area contributed by atoms with Gasteiger partial charge in [0.2, 0.25) is 5.91 Å². The Labute approximate surface area is 180 Å². The monoisotopic (exact) mass is 459 g/mol. The molecule has 0 aliphatic carbocycles. The van der Waals surface area contributed by atoms with Gasteiger partial charge in [0, 0.05) is 55.7 Å². The summed E-state index contributed by atoms with van der Waals surface area (Å²) in [5, 5.41) is 3.25. The van der Waals surface area contributed by atoms with Gasteiger partial charge in [-0.2, -0.15) is 0 Å². The third-order valence-electron chi connectivity index (χ3n) is 4.96. The number of ether oxygens (including phenoxy) is 1. The fraction of sp³-hybridized carbons (Fsp3) is 0.364. The molecule has 154 valence electrons. The average Bonchev–Trinajstić information content (AvgIpc) is 2.77. The van der Waals surface area contributed by atoms with E-state index in [1.165, 1.54) is 0 Å². The van der Waals surface area contributed by atoms with E-state index in [0.717, 1.165) is 36.2 Å². The van der Waals surface area contributed by atoms with E-state index in [1.54, 1.807) is 30.2 Å². The van der Waals surface area contributed by atoms with E-state index in [0.29, 0.717) is 30.8 Å². The zero-order valence-corrected chi connectivity index (χ0v) is 18.2. The standard InChI is InChI=1S/C22H26BrN3O3/c1-29-20-4-2-3-18(15-20)22(28)26(16-17-5-7-19(23)8-6-17)12-9-21(27)25-13-10-24-11-14-25/h2-8,15,24H,9-14,16H2,1H3. The third kappa shape index (κ3) is 6.05. The van der Waals surface area contributed by atoms with Crippen molar-refractivity contribution in [2.75, 3.05) is 39.8 Å². The highest BCUT2D eigenvalue weighted by atomic mass is 79.9. The summed E-state index contributed by atoms with van der Waals surface area (Å²) in [6, 6.07) is 15.0. The minimum atomic E-state index is -0.111. The number of carbonyl (C=O) groups excluding carboxylic acids is 2. The predicted molar refractivity (Wildman–Crippen MR) is 116 cm³/mol. The van der Waals surface area contributed by atoms with E-state index in [1.807, 2.05) is 35.2 Å². The van der Waals surface area contributed by atoms with Crippen LogP contribution in [0.25, 0.3) is 0 Å². The fourth-order valence-corrected chi connectivity index (χ4v) is 3.57. The molecule has 1 fully saturated rings. The first kappa shape index (κ1) is 21.3. The highest BCUT2D eigenvalue weighted by Crippen LogP contribution is 2.18. The highest BCUT2D eigenvalue weighted by molar-refractivity contribution is 9.10. The molecule has 1 aliphatic rings. The van der Waals surface area contributed by atoms with Crippen LogP contribution in [0.4, 0.5) is 0 Å². The summed E-state index contributed by atoms with van der Waals surface area (Å²) in [6.07, 6.45) is 0.312. The zero-order valence-electron chi connectivity index (χ0n) is 16.6. The minimum Gasteiger partial charge on any atom is -0.497 e. The molecule has 2 amide bonds. The predicted octanol–water partition coefficient (Wildman–Crippen LogP) is 2.92. The van der Waals surface area contributed by atoms with E-state index in [9.17, 15) is 9.59 Å². The lowest BCUT2D eigenvalue weighted by Crippen LogP contribution is -2.47. The van der Waals surface area contributed by atoms with Crippen LogP contribution in [-0.2, 0) is 11.3 Å². The number of nitrogens with one attached hydrogen (secondary N) is 1. The number of benzene rings is 2. The Balaban J connectivity index is 1.73. The number of hydrogen-bond donors (Lipinski definition) is 1. The lowest BCUT2D eigenvalue weighted by atomic mass is 10.1. The van der Waals surface area contributed by atoms with Crippen molar-refractivity contribution in [3.05, 3.63) is 64.1 Å². The molecule has 0 spiro atoms. The van der Waals surface area contributed by atoms with Crippen LogP contribution in [-0.4, -0.2) is 61.4 Å². The van der Waals surface area contributed by atoms with Gasteiger partial charge in [-0.25, -0.2) is 0 Å². The molecule has 0 saturated carbocycles. The number of rotatable bonds is 7. The smallest absolute Gasteiger partial charge is 0.254 e. The molecule has 2 aromatic rings. The second-order valence-corrected chi connectivity index (χ2v) is 7.88. The summed E-state index contributed by atoms with van der Waals surface area (Å²) in [5.74, 6) is 0.613. The summed E-state index contributed by atoms with van der Waals surface area (Å²) < 4.78 is 6.24. The van der Waals surface area contributed by atoms with Gasteiger partial charge in [-0.1, -0.05) is 34.1 Å². The molecule has 0 radical (unpaired) electrons. The largest absolute Gasteiger partial charge is 0.497 e. The molecule has 1 saturated heterocycles. The third-order valence-corrected chi connectivity index (χ3v) is 5.48. The first-order valence-corrected chi connectivity index (χ1v) is 10.5. The molecule has 0 bridgehead atoms. The van der Waals surface area contributed by atoms with Crippen molar-refractivity contribution in [3.8, 4) is 5.75 Å². The lowest BCUT2D eigenvalue weighted by molar-refractivity contribution is -0.132. The number of piperazine rings is 1. The number of nitrogens with zero attached hydrogens (tertiary/aromatic N) is 2. The molecule has 0 aromatic heterocycles. The van der Waals surface area contributed by atoms with E-state index in [-0.39, 0.29) is 11.8 Å². The second kappa shape index (κ2) is 10.4. The van der Waals surface area contributed by atoms with Crippen molar-refractivity contribution in [1.29, 1.82) is 0 Å². The van der Waals surface area contributed by atoms with Crippen molar-refractivity contribution in [3.63, 3.8) is 0 Å². The Hall–Kier alpha value is -2.38. The molecule has 7 heteroatoms. The molecule has 3 rings (SSSR count). The van der Waals surface area contributed by atoms with Crippen molar-refractivity contribution >= 4 is 27.7 Å². The first-order chi connectivity index (χ1) is 14.1. The van der Waals surface area contributed by atoms with Crippen molar-refractivity contribution < 1.29 is 14.3 Å². The van der Waals surface area contributed by atoms with Crippen LogP contribution in [0.2, 0.25) is 0 Å². The quantitative estimate of drug-likeness (QED) is 0.691. The molecule has 1 N–H and O–H groups in total. The lowest BCUT2D eigenvalue weighted by Gasteiger charge is -2.29. The molecular weight excluding hydrogens is 434 g/mol. The van der Waals surface area contributed by atoms with Crippen molar-refractivity contribution in [1.82, 2.24) is 15.1 Å². The highest BCUT2D eigenvalue weighted by Gasteiger charge is 2.21. The summed E-state index contributed by atoms with van der Waals surface area (Å²) >= 11 is 3.44. The van der Waals surface area contributed by atoms with Crippen LogP contribution < -0.4 is 10.1 Å². The topological polar surface area (TPSA) is 61.9 Å². The Morgan fingerprint density at radius 3 is 2.55 bits per heavy atom. The summed E-state index contributed by atoms with van der Waals surface area (Å²) in [4.78, 5) is 29.4. The summed E-state index contributed by atoms with van der Waals surface area (Å²) in [5.41, 5.74) is 1.56. The summed E-state index contributed by atoms with van der Waals surface area (Å²) in [6.45, 7) is 3.88. The molecule has 1 heterocycles. The van der Waals surface area contributed by atoms with Crippen LogP contribution in [0.5, 0.6) is 5.75 Å². The molecule has 29 heavy (non-hydrogen) atoms.